The first-order valence-electron chi connectivity index (χ1n) is 10.9. The van der Waals surface area contributed by atoms with E-state index in [-0.39, 0.29) is 11.5 Å². The Morgan fingerprint density at radius 3 is 2.60 bits per heavy atom. The third kappa shape index (κ3) is 3.32. The molecule has 2 aromatic carbocycles. The van der Waals surface area contributed by atoms with Crippen molar-refractivity contribution in [1.29, 1.82) is 0 Å². The van der Waals surface area contributed by atoms with Crippen molar-refractivity contribution < 1.29 is 4.79 Å². The summed E-state index contributed by atoms with van der Waals surface area (Å²) in [6, 6.07) is 13.7. The number of hydrogen-bond acceptors (Lipinski definition) is 3. The Kier molecular flexibility index (Phi) is 4.69. The van der Waals surface area contributed by atoms with Crippen LogP contribution in [0, 0.1) is 31.6 Å². The van der Waals surface area contributed by atoms with E-state index in [0.717, 1.165) is 33.6 Å². The maximum atomic E-state index is 13.0. The van der Waals surface area contributed by atoms with Crippen LogP contribution in [0.3, 0.4) is 0 Å². The van der Waals surface area contributed by atoms with Crippen LogP contribution in [0.2, 0.25) is 0 Å². The molecule has 2 aliphatic rings. The van der Waals surface area contributed by atoms with Crippen molar-refractivity contribution in [1.82, 2.24) is 9.89 Å². The molecule has 2 aliphatic carbocycles. The van der Waals surface area contributed by atoms with Gasteiger partial charge in [-0.15, -0.1) is 9.89 Å². The number of aromatic nitrogens is 2. The fourth-order valence-corrected chi connectivity index (χ4v) is 5.57. The van der Waals surface area contributed by atoms with Crippen molar-refractivity contribution in [2.45, 2.75) is 46.0 Å². The van der Waals surface area contributed by atoms with Crippen LogP contribution in [0.25, 0.3) is 22.0 Å². The molecule has 1 aromatic heterocycles. The lowest BCUT2D eigenvalue weighted by molar-refractivity contribution is -0.118. The second-order valence-electron chi connectivity index (χ2n) is 9.10. The number of carbonyl (C=O) groups excluding carboxylic acids is 1. The molecule has 0 saturated heterocycles. The average molecular weight is 402 g/mol. The number of rotatable bonds is 4. The fraction of sp³-hybridized carbons (Fsp3) is 0.400. The van der Waals surface area contributed by atoms with Crippen LogP contribution in [0.5, 0.6) is 0 Å². The molecule has 1 N–H and O–H groups in total. The molecule has 1 amide bonds. The lowest BCUT2D eigenvalue weighted by Crippen LogP contribution is -2.36. The van der Waals surface area contributed by atoms with Crippen molar-refractivity contribution in [3.63, 3.8) is 0 Å². The Morgan fingerprint density at radius 2 is 1.90 bits per heavy atom. The molecule has 2 saturated carbocycles. The quantitative estimate of drug-likeness (QED) is 0.696. The van der Waals surface area contributed by atoms with Gasteiger partial charge in [0.1, 0.15) is 5.69 Å². The number of hydrogen-bond donors (Lipinski definition) is 1. The zero-order valence-corrected chi connectivity index (χ0v) is 17.5. The smallest absolute Gasteiger partial charge is 0.273 e. The second-order valence-corrected chi connectivity index (χ2v) is 9.10. The standard InChI is InChI=1S/C25H27N3O2/c1-15-7-10-20(16(2)11-15)24-21-5-3-4-6-22(21)25(30)28(27-24)26-23(29)14-19-13-17-8-9-18(19)12-17/h3-7,10-11,17-19H,8-9,12-14H2,1-2H3,(H,26,29)/t17-,18+,19-/m1/s1. The Hall–Kier alpha value is -2.95. The van der Waals surface area contributed by atoms with E-state index in [4.69, 9.17) is 0 Å². The molecular formula is C25H27N3O2. The third-order valence-corrected chi connectivity index (χ3v) is 7.00. The van der Waals surface area contributed by atoms with Crippen LogP contribution in [0.15, 0.2) is 47.3 Å². The molecule has 0 aliphatic heterocycles. The van der Waals surface area contributed by atoms with E-state index in [1.807, 2.05) is 37.3 Å². The molecule has 154 valence electrons. The monoisotopic (exact) mass is 401 g/mol. The average Bonchev–Trinajstić information content (AvgIpc) is 3.34. The van der Waals surface area contributed by atoms with Gasteiger partial charge in [-0.3, -0.25) is 9.59 Å². The van der Waals surface area contributed by atoms with Crippen molar-refractivity contribution in [3.8, 4) is 11.3 Å². The molecule has 5 heteroatoms. The normalized spacial score (nSPS) is 22.5. The molecule has 1 heterocycles. The first-order chi connectivity index (χ1) is 14.5. The highest BCUT2D eigenvalue weighted by Gasteiger charge is 2.40. The lowest BCUT2D eigenvalue weighted by atomic mass is 9.86. The van der Waals surface area contributed by atoms with Gasteiger partial charge in [0.05, 0.1) is 5.39 Å². The number of carbonyl (C=O) groups is 1. The SMILES string of the molecule is Cc1ccc(-c2nn(NC(=O)C[C@H]3C[C@@H]4CC[C@H]3C4)c(=O)c3ccccc23)c(C)c1. The van der Waals surface area contributed by atoms with E-state index < -0.39 is 0 Å². The summed E-state index contributed by atoms with van der Waals surface area (Å²) in [5.74, 6) is 1.79. The van der Waals surface area contributed by atoms with Crippen molar-refractivity contribution >= 4 is 16.7 Å². The van der Waals surface area contributed by atoms with E-state index in [0.29, 0.717) is 29.3 Å². The number of benzene rings is 2. The summed E-state index contributed by atoms with van der Waals surface area (Å²) in [4.78, 5) is 27.0. The minimum absolute atomic E-state index is 0.121. The summed E-state index contributed by atoms with van der Waals surface area (Å²) in [5, 5.41) is 5.95. The van der Waals surface area contributed by atoms with Crippen LogP contribution in [0.1, 0.15) is 43.2 Å². The van der Waals surface area contributed by atoms with Gasteiger partial charge < -0.3 is 0 Å². The molecule has 5 rings (SSSR count). The largest absolute Gasteiger partial charge is 0.294 e. The highest BCUT2D eigenvalue weighted by atomic mass is 16.2. The Bertz CT molecular complexity index is 1200. The third-order valence-electron chi connectivity index (χ3n) is 7.00. The van der Waals surface area contributed by atoms with Crippen LogP contribution >= 0.6 is 0 Å². The summed E-state index contributed by atoms with van der Waals surface area (Å²) in [7, 11) is 0. The Labute approximate surface area is 176 Å². The summed E-state index contributed by atoms with van der Waals surface area (Å²) < 4.78 is 0. The van der Waals surface area contributed by atoms with Crippen LogP contribution in [-0.4, -0.2) is 15.8 Å². The number of nitrogens with one attached hydrogen (secondary N) is 1. The minimum atomic E-state index is -0.291. The molecule has 3 atom stereocenters. The maximum Gasteiger partial charge on any atom is 0.294 e. The number of amides is 1. The van der Waals surface area contributed by atoms with E-state index in [1.165, 1.54) is 24.8 Å². The number of aryl methyl sites for hydroxylation is 2. The van der Waals surface area contributed by atoms with E-state index in [1.54, 1.807) is 6.07 Å². The van der Waals surface area contributed by atoms with E-state index in [9.17, 15) is 9.59 Å². The van der Waals surface area contributed by atoms with Crippen LogP contribution in [0.4, 0.5) is 0 Å². The molecule has 0 unspecified atom stereocenters. The first-order valence-corrected chi connectivity index (χ1v) is 10.9. The molecular weight excluding hydrogens is 374 g/mol. The molecule has 3 aromatic rings. The number of nitrogens with zero attached hydrogens (tertiary/aromatic N) is 2. The molecule has 30 heavy (non-hydrogen) atoms. The molecule has 0 spiro atoms. The van der Waals surface area contributed by atoms with Gasteiger partial charge in [0.25, 0.3) is 5.56 Å². The Morgan fingerprint density at radius 1 is 1.10 bits per heavy atom. The van der Waals surface area contributed by atoms with Gasteiger partial charge in [0, 0.05) is 17.4 Å². The van der Waals surface area contributed by atoms with E-state index >= 15 is 0 Å². The highest BCUT2D eigenvalue weighted by molar-refractivity contribution is 5.95. The van der Waals surface area contributed by atoms with Gasteiger partial charge >= 0.3 is 0 Å². The van der Waals surface area contributed by atoms with Crippen molar-refractivity contribution in [2.75, 3.05) is 5.43 Å². The molecule has 2 fully saturated rings. The van der Waals surface area contributed by atoms with Gasteiger partial charge in [-0.05, 0) is 62.5 Å². The zero-order chi connectivity index (χ0) is 20.8. The number of fused-ring (bicyclic) bond motifs is 3. The topological polar surface area (TPSA) is 64.0 Å². The molecule has 2 bridgehead atoms. The zero-order valence-electron chi connectivity index (χ0n) is 17.5. The van der Waals surface area contributed by atoms with Crippen LogP contribution < -0.4 is 11.0 Å². The highest BCUT2D eigenvalue weighted by Crippen LogP contribution is 2.49. The summed E-state index contributed by atoms with van der Waals surface area (Å²) in [6.45, 7) is 4.10. The van der Waals surface area contributed by atoms with E-state index in [2.05, 4.69) is 23.5 Å². The van der Waals surface area contributed by atoms with Crippen LogP contribution in [-0.2, 0) is 4.79 Å². The summed E-state index contributed by atoms with van der Waals surface area (Å²) in [6.07, 6.45) is 5.44. The molecule has 0 radical (unpaired) electrons. The van der Waals surface area contributed by atoms with Gasteiger partial charge in [0.15, 0.2) is 0 Å². The summed E-state index contributed by atoms with van der Waals surface area (Å²) in [5.41, 5.74) is 6.43. The maximum absolute atomic E-state index is 13.0. The second kappa shape index (κ2) is 7.38. The first kappa shape index (κ1) is 19.0. The van der Waals surface area contributed by atoms with Gasteiger partial charge in [-0.2, -0.15) is 0 Å². The minimum Gasteiger partial charge on any atom is -0.273 e. The Balaban J connectivity index is 1.51. The van der Waals surface area contributed by atoms with Gasteiger partial charge in [-0.25, -0.2) is 5.43 Å². The lowest BCUT2D eigenvalue weighted by Gasteiger charge is -2.21. The summed E-state index contributed by atoms with van der Waals surface area (Å²) >= 11 is 0. The molecule has 5 nitrogen and oxygen atoms in total. The van der Waals surface area contributed by atoms with Crippen molar-refractivity contribution in [3.05, 3.63) is 63.9 Å². The fourth-order valence-electron chi connectivity index (χ4n) is 5.57. The van der Waals surface area contributed by atoms with Gasteiger partial charge in [-0.1, -0.05) is 48.4 Å². The predicted octanol–water partition coefficient (Wildman–Crippen LogP) is 4.58. The van der Waals surface area contributed by atoms with Crippen molar-refractivity contribution in [2.24, 2.45) is 17.8 Å². The predicted molar refractivity (Wildman–Crippen MR) is 119 cm³/mol. The van der Waals surface area contributed by atoms with Gasteiger partial charge in [0.2, 0.25) is 5.91 Å².